The van der Waals surface area contributed by atoms with Crippen molar-refractivity contribution >= 4 is 16.3 Å². The van der Waals surface area contributed by atoms with E-state index in [4.69, 9.17) is 0 Å². The summed E-state index contributed by atoms with van der Waals surface area (Å²) < 4.78 is 78.1. The third kappa shape index (κ3) is 3.33. The summed E-state index contributed by atoms with van der Waals surface area (Å²) >= 11 is 1.02. The summed E-state index contributed by atoms with van der Waals surface area (Å²) in [6, 6.07) is 9.00. The molecule has 4 nitrogen and oxygen atoms in total. The van der Waals surface area contributed by atoms with Gasteiger partial charge in [0.2, 0.25) is 4.96 Å². The first-order valence-corrected chi connectivity index (χ1v) is 8.52. The molecule has 0 aliphatic carbocycles. The van der Waals surface area contributed by atoms with Crippen LogP contribution >= 0.6 is 11.3 Å². The van der Waals surface area contributed by atoms with Crippen molar-refractivity contribution in [2.45, 2.75) is 12.4 Å². The maximum absolute atomic E-state index is 12.9. The third-order valence-electron chi connectivity index (χ3n) is 3.90. The molecule has 0 atom stereocenters. The van der Waals surface area contributed by atoms with Crippen LogP contribution in [0, 0.1) is 0 Å². The molecule has 4 aromatic rings. The average molecular weight is 414 g/mol. The van der Waals surface area contributed by atoms with Gasteiger partial charge in [0, 0.05) is 11.1 Å². The van der Waals surface area contributed by atoms with Gasteiger partial charge in [0.25, 0.3) is 0 Å². The first kappa shape index (κ1) is 18.4. The molecule has 11 heteroatoms. The quantitative estimate of drug-likeness (QED) is 0.404. The van der Waals surface area contributed by atoms with Gasteiger partial charge in [-0.15, -0.1) is 10.2 Å². The van der Waals surface area contributed by atoms with Gasteiger partial charge in [-0.05, 0) is 24.3 Å². The number of alkyl halides is 6. The number of hydrogen-bond acceptors (Lipinski definition) is 4. The Morgan fingerprint density at radius 2 is 1.43 bits per heavy atom. The Morgan fingerprint density at radius 1 is 0.750 bits per heavy atom. The highest BCUT2D eigenvalue weighted by atomic mass is 32.1. The zero-order valence-electron chi connectivity index (χ0n) is 13.6. The fourth-order valence-corrected chi connectivity index (χ4v) is 3.39. The summed E-state index contributed by atoms with van der Waals surface area (Å²) in [6.07, 6.45) is -8.95. The van der Waals surface area contributed by atoms with Crippen LogP contribution in [0.2, 0.25) is 0 Å². The number of fused-ring (bicyclic) bond motifs is 1. The first-order chi connectivity index (χ1) is 13.1. The summed E-state index contributed by atoms with van der Waals surface area (Å²) in [5, 5.41) is 12.3. The molecule has 0 saturated carbocycles. The topological polar surface area (TPSA) is 43.1 Å². The number of rotatable bonds is 2. The van der Waals surface area contributed by atoms with Crippen molar-refractivity contribution in [3.8, 4) is 22.0 Å². The van der Waals surface area contributed by atoms with Crippen molar-refractivity contribution in [2.24, 2.45) is 0 Å². The molecule has 0 N–H and O–H groups in total. The smallest absolute Gasteiger partial charge is 0.182 e. The van der Waals surface area contributed by atoms with E-state index >= 15 is 0 Å². The van der Waals surface area contributed by atoms with Gasteiger partial charge in [0.1, 0.15) is 5.01 Å². The molecule has 0 unspecified atom stereocenters. The minimum atomic E-state index is -4.49. The molecule has 0 aliphatic heterocycles. The molecular weight excluding hydrogens is 406 g/mol. The number of halogens is 6. The standard InChI is InChI=1S/C17H8F6N4S/c18-16(19,20)11-6-4-9(5-7-11)13-24-25-15-27(13)26-14(28-15)10-2-1-3-12(8-10)17(21,22)23/h1-8H. The monoisotopic (exact) mass is 414 g/mol. The van der Waals surface area contributed by atoms with Crippen molar-refractivity contribution in [1.82, 2.24) is 19.8 Å². The van der Waals surface area contributed by atoms with Crippen LogP contribution in [-0.4, -0.2) is 19.8 Å². The van der Waals surface area contributed by atoms with E-state index in [-0.39, 0.29) is 16.4 Å². The van der Waals surface area contributed by atoms with Gasteiger partial charge in [-0.2, -0.15) is 36.0 Å². The van der Waals surface area contributed by atoms with E-state index in [0.29, 0.717) is 10.5 Å². The number of aromatic nitrogens is 4. The lowest BCUT2D eigenvalue weighted by molar-refractivity contribution is -0.138. The van der Waals surface area contributed by atoms with Crippen molar-refractivity contribution in [2.75, 3.05) is 0 Å². The SMILES string of the molecule is FC(F)(F)c1ccc(-c2nnc3sc(-c4cccc(C(F)(F)F)c4)nn23)cc1. The van der Waals surface area contributed by atoms with Gasteiger partial charge in [0.05, 0.1) is 11.1 Å². The third-order valence-corrected chi connectivity index (χ3v) is 4.85. The Morgan fingerprint density at radius 3 is 2.07 bits per heavy atom. The van der Waals surface area contributed by atoms with Gasteiger partial charge < -0.3 is 0 Å². The largest absolute Gasteiger partial charge is 0.416 e. The molecule has 0 fully saturated rings. The molecule has 2 heterocycles. The highest BCUT2D eigenvalue weighted by Gasteiger charge is 2.31. The van der Waals surface area contributed by atoms with E-state index in [1.807, 2.05) is 0 Å². The van der Waals surface area contributed by atoms with E-state index in [1.54, 1.807) is 0 Å². The van der Waals surface area contributed by atoms with Gasteiger partial charge >= 0.3 is 12.4 Å². The van der Waals surface area contributed by atoms with Crippen molar-refractivity contribution < 1.29 is 26.3 Å². The Labute approximate surface area is 157 Å². The van der Waals surface area contributed by atoms with E-state index in [0.717, 1.165) is 35.6 Å². The van der Waals surface area contributed by atoms with Crippen molar-refractivity contribution in [1.29, 1.82) is 0 Å². The highest BCUT2D eigenvalue weighted by molar-refractivity contribution is 7.19. The predicted molar refractivity (Wildman–Crippen MR) is 89.5 cm³/mol. The zero-order chi connectivity index (χ0) is 20.1. The zero-order valence-corrected chi connectivity index (χ0v) is 14.4. The Hall–Kier alpha value is -2.95. The normalized spacial score (nSPS) is 12.6. The fraction of sp³-hybridized carbons (Fsp3) is 0.118. The lowest BCUT2D eigenvalue weighted by atomic mass is 10.1. The Kier molecular flexibility index (Phi) is 4.14. The van der Waals surface area contributed by atoms with E-state index in [1.165, 1.54) is 28.8 Å². The molecule has 4 rings (SSSR count). The van der Waals surface area contributed by atoms with Gasteiger partial charge in [-0.3, -0.25) is 0 Å². The van der Waals surface area contributed by atoms with Crippen LogP contribution in [0.3, 0.4) is 0 Å². The fourth-order valence-electron chi connectivity index (χ4n) is 2.55. The van der Waals surface area contributed by atoms with E-state index in [2.05, 4.69) is 15.3 Å². The lowest BCUT2D eigenvalue weighted by Crippen LogP contribution is -2.04. The van der Waals surface area contributed by atoms with Crippen LogP contribution < -0.4 is 0 Å². The number of nitrogens with zero attached hydrogens (tertiary/aromatic N) is 4. The second kappa shape index (κ2) is 6.30. The summed E-state index contributed by atoms with van der Waals surface area (Å²) in [5.74, 6) is 0.193. The summed E-state index contributed by atoms with van der Waals surface area (Å²) in [4.78, 5) is 0.308. The van der Waals surface area contributed by atoms with Crippen LogP contribution in [0.1, 0.15) is 11.1 Å². The molecular formula is C17H8F6N4S. The Bertz CT molecular complexity index is 1140. The highest BCUT2D eigenvalue weighted by Crippen LogP contribution is 2.34. The summed E-state index contributed by atoms with van der Waals surface area (Å²) in [7, 11) is 0. The Balaban J connectivity index is 1.74. The maximum atomic E-state index is 12.9. The second-order valence-electron chi connectivity index (χ2n) is 5.78. The molecule has 0 bridgehead atoms. The predicted octanol–water partition coefficient (Wildman–Crippen LogP) is 5.56. The molecule has 144 valence electrons. The van der Waals surface area contributed by atoms with Gasteiger partial charge in [0.15, 0.2) is 5.82 Å². The van der Waals surface area contributed by atoms with E-state index in [9.17, 15) is 26.3 Å². The molecule has 0 saturated heterocycles. The van der Waals surface area contributed by atoms with Crippen LogP contribution in [0.4, 0.5) is 26.3 Å². The molecule has 0 amide bonds. The van der Waals surface area contributed by atoms with Gasteiger partial charge in [-0.1, -0.05) is 35.6 Å². The molecule has 2 aromatic carbocycles. The van der Waals surface area contributed by atoms with Crippen LogP contribution in [0.5, 0.6) is 0 Å². The van der Waals surface area contributed by atoms with Crippen LogP contribution in [0.15, 0.2) is 48.5 Å². The van der Waals surface area contributed by atoms with Gasteiger partial charge in [-0.25, -0.2) is 0 Å². The average Bonchev–Trinajstić information content (AvgIpc) is 3.21. The first-order valence-electron chi connectivity index (χ1n) is 7.70. The van der Waals surface area contributed by atoms with Crippen molar-refractivity contribution in [3.63, 3.8) is 0 Å². The van der Waals surface area contributed by atoms with Crippen LogP contribution in [-0.2, 0) is 12.4 Å². The van der Waals surface area contributed by atoms with Crippen molar-refractivity contribution in [3.05, 3.63) is 59.7 Å². The number of benzene rings is 2. The molecule has 28 heavy (non-hydrogen) atoms. The minimum Gasteiger partial charge on any atom is -0.182 e. The summed E-state index contributed by atoms with van der Waals surface area (Å²) in [6.45, 7) is 0. The second-order valence-corrected chi connectivity index (χ2v) is 6.73. The van der Waals surface area contributed by atoms with E-state index < -0.39 is 23.5 Å². The number of hydrogen-bond donors (Lipinski definition) is 0. The molecule has 0 aliphatic rings. The molecule has 0 spiro atoms. The maximum Gasteiger partial charge on any atom is 0.416 e. The lowest BCUT2D eigenvalue weighted by Gasteiger charge is -2.07. The molecule has 2 aromatic heterocycles. The molecule has 0 radical (unpaired) electrons. The summed E-state index contributed by atoms with van der Waals surface area (Å²) in [5.41, 5.74) is -1.01. The van der Waals surface area contributed by atoms with Crippen LogP contribution in [0.25, 0.3) is 26.9 Å². The minimum absolute atomic E-state index is 0.193.